The van der Waals surface area contributed by atoms with Gasteiger partial charge in [-0.05, 0) is 38.0 Å². The Bertz CT molecular complexity index is 508. The summed E-state index contributed by atoms with van der Waals surface area (Å²) in [6.45, 7) is 5.98. The highest BCUT2D eigenvalue weighted by Gasteiger charge is 2.34. The zero-order valence-corrected chi connectivity index (χ0v) is 14.2. The van der Waals surface area contributed by atoms with E-state index in [9.17, 15) is 18.3 Å². The molecule has 1 unspecified atom stereocenters. The highest BCUT2D eigenvalue weighted by Crippen LogP contribution is 2.38. The van der Waals surface area contributed by atoms with Crippen LogP contribution in [0.2, 0.25) is 5.02 Å². The van der Waals surface area contributed by atoms with E-state index in [1.54, 1.807) is 0 Å². The Morgan fingerprint density at radius 1 is 1.32 bits per heavy atom. The van der Waals surface area contributed by atoms with Gasteiger partial charge in [-0.2, -0.15) is 13.2 Å². The third kappa shape index (κ3) is 5.50. The molecule has 1 rings (SSSR count). The quantitative estimate of drug-likeness (QED) is 0.690. The van der Waals surface area contributed by atoms with Crippen LogP contribution in [0.1, 0.15) is 44.4 Å². The lowest BCUT2D eigenvalue weighted by atomic mass is 10.00. The summed E-state index contributed by atoms with van der Waals surface area (Å²) in [5.74, 6) is 0. The van der Waals surface area contributed by atoms with Crippen molar-refractivity contribution >= 4 is 29.7 Å². The van der Waals surface area contributed by atoms with Crippen LogP contribution >= 0.6 is 24.0 Å². The van der Waals surface area contributed by atoms with E-state index in [2.05, 4.69) is 5.32 Å². The first-order valence-electron chi connectivity index (χ1n) is 6.57. The standard InChI is InChI=1S/C14H20ClF3N2O.ClH/c1-4-13(2,3)20-7-11(21)8-5-9(14(16,17)18)12(19)10(15)6-8;/h5-6,11,20-21H,4,7,19H2,1-3H3;1H. The third-order valence-corrected chi connectivity index (χ3v) is 3.81. The van der Waals surface area contributed by atoms with Gasteiger partial charge >= 0.3 is 6.18 Å². The van der Waals surface area contributed by atoms with Gasteiger partial charge in [0.25, 0.3) is 0 Å². The van der Waals surface area contributed by atoms with Crippen LogP contribution in [0, 0.1) is 0 Å². The van der Waals surface area contributed by atoms with Crippen LogP contribution in [0.4, 0.5) is 18.9 Å². The van der Waals surface area contributed by atoms with E-state index in [0.29, 0.717) is 0 Å². The van der Waals surface area contributed by atoms with E-state index in [4.69, 9.17) is 17.3 Å². The van der Waals surface area contributed by atoms with Crippen molar-refractivity contribution in [2.75, 3.05) is 12.3 Å². The van der Waals surface area contributed by atoms with Gasteiger partial charge in [0.2, 0.25) is 0 Å². The molecule has 0 amide bonds. The van der Waals surface area contributed by atoms with Gasteiger partial charge in [-0.25, -0.2) is 0 Å². The van der Waals surface area contributed by atoms with Gasteiger partial charge in [0, 0.05) is 12.1 Å². The molecule has 3 nitrogen and oxygen atoms in total. The summed E-state index contributed by atoms with van der Waals surface area (Å²) in [6, 6.07) is 2.10. The average Bonchev–Trinajstić information content (AvgIpc) is 2.37. The number of rotatable bonds is 5. The van der Waals surface area contributed by atoms with Gasteiger partial charge in [0.15, 0.2) is 0 Å². The van der Waals surface area contributed by atoms with E-state index in [1.165, 1.54) is 6.07 Å². The van der Waals surface area contributed by atoms with Gasteiger partial charge in [-0.3, -0.25) is 0 Å². The highest BCUT2D eigenvalue weighted by atomic mass is 35.5. The van der Waals surface area contributed by atoms with Crippen molar-refractivity contribution in [1.29, 1.82) is 0 Å². The summed E-state index contributed by atoms with van der Waals surface area (Å²) in [7, 11) is 0. The molecule has 0 saturated heterocycles. The lowest BCUT2D eigenvalue weighted by Crippen LogP contribution is -2.40. The van der Waals surface area contributed by atoms with Gasteiger partial charge in [0.05, 0.1) is 22.4 Å². The number of nitrogens with two attached hydrogens (primary N) is 1. The Labute approximate surface area is 139 Å². The Balaban J connectivity index is 0.00000441. The fraction of sp³-hybridized carbons (Fsp3) is 0.571. The van der Waals surface area contributed by atoms with Crippen molar-refractivity contribution < 1.29 is 18.3 Å². The molecule has 22 heavy (non-hydrogen) atoms. The van der Waals surface area contributed by atoms with Crippen molar-refractivity contribution in [3.63, 3.8) is 0 Å². The van der Waals surface area contributed by atoms with Crippen LogP contribution in [0.25, 0.3) is 0 Å². The Kier molecular flexibility index (Phi) is 7.48. The number of aliphatic hydroxyl groups excluding tert-OH is 1. The molecule has 0 radical (unpaired) electrons. The number of alkyl halides is 3. The van der Waals surface area contributed by atoms with E-state index in [0.717, 1.165) is 12.5 Å². The van der Waals surface area contributed by atoms with Crippen LogP contribution < -0.4 is 11.1 Å². The van der Waals surface area contributed by atoms with E-state index in [1.807, 2.05) is 20.8 Å². The molecule has 0 saturated carbocycles. The molecule has 1 aromatic rings. The number of hydrogen-bond donors (Lipinski definition) is 3. The molecule has 1 aromatic carbocycles. The van der Waals surface area contributed by atoms with Crippen molar-refractivity contribution in [3.05, 3.63) is 28.3 Å². The Morgan fingerprint density at radius 2 is 1.86 bits per heavy atom. The zero-order chi connectivity index (χ0) is 16.4. The minimum absolute atomic E-state index is 0. The summed E-state index contributed by atoms with van der Waals surface area (Å²) >= 11 is 5.73. The van der Waals surface area contributed by atoms with Crippen LogP contribution in [0.3, 0.4) is 0 Å². The zero-order valence-electron chi connectivity index (χ0n) is 12.6. The second-order valence-corrected chi connectivity index (χ2v) is 6.00. The van der Waals surface area contributed by atoms with E-state index in [-0.39, 0.29) is 35.1 Å². The minimum atomic E-state index is -4.61. The topological polar surface area (TPSA) is 58.3 Å². The molecule has 8 heteroatoms. The van der Waals surface area contributed by atoms with E-state index >= 15 is 0 Å². The molecule has 0 heterocycles. The number of nitrogens with one attached hydrogen (secondary N) is 1. The molecule has 128 valence electrons. The molecule has 0 bridgehead atoms. The second-order valence-electron chi connectivity index (χ2n) is 5.60. The fourth-order valence-corrected chi connectivity index (χ4v) is 1.91. The number of benzene rings is 1. The molecule has 0 fully saturated rings. The van der Waals surface area contributed by atoms with Crippen molar-refractivity contribution in [2.45, 2.75) is 45.0 Å². The van der Waals surface area contributed by atoms with Crippen molar-refractivity contribution in [1.82, 2.24) is 5.32 Å². The van der Waals surface area contributed by atoms with Gasteiger partial charge in [-0.1, -0.05) is 18.5 Å². The van der Waals surface area contributed by atoms with Crippen LogP contribution in [-0.4, -0.2) is 17.2 Å². The van der Waals surface area contributed by atoms with Gasteiger partial charge in [0.1, 0.15) is 0 Å². The van der Waals surface area contributed by atoms with Crippen molar-refractivity contribution in [2.24, 2.45) is 0 Å². The first kappa shape index (κ1) is 21.3. The fourth-order valence-electron chi connectivity index (χ4n) is 1.68. The molecule has 1 atom stereocenters. The van der Waals surface area contributed by atoms with Gasteiger partial charge < -0.3 is 16.2 Å². The van der Waals surface area contributed by atoms with Gasteiger partial charge in [-0.15, -0.1) is 12.4 Å². The summed E-state index contributed by atoms with van der Waals surface area (Å²) < 4.78 is 38.6. The summed E-state index contributed by atoms with van der Waals surface area (Å²) in [5, 5.41) is 12.9. The lowest BCUT2D eigenvalue weighted by molar-refractivity contribution is -0.137. The molecular weight excluding hydrogens is 340 g/mol. The predicted molar refractivity (Wildman–Crippen MR) is 85.4 cm³/mol. The number of β-amino-alcohol motifs (C(OH)–C–C–N with tert-alkyl or cyclic N) is 1. The molecule has 0 aliphatic rings. The third-order valence-electron chi connectivity index (χ3n) is 3.50. The van der Waals surface area contributed by atoms with Crippen LogP contribution in [-0.2, 0) is 6.18 Å². The Morgan fingerprint density at radius 3 is 2.32 bits per heavy atom. The summed E-state index contributed by atoms with van der Waals surface area (Å²) in [6.07, 6.45) is -4.90. The maximum absolute atomic E-state index is 12.9. The molecule has 0 aliphatic carbocycles. The van der Waals surface area contributed by atoms with Crippen LogP contribution in [0.5, 0.6) is 0 Å². The number of nitrogen functional groups attached to an aromatic ring is 1. The number of aliphatic hydroxyl groups is 1. The van der Waals surface area contributed by atoms with Crippen molar-refractivity contribution in [3.8, 4) is 0 Å². The predicted octanol–water partition coefficient (Wildman–Crippen LogP) is 4.17. The Hall–Kier alpha value is -0.690. The molecule has 0 aliphatic heterocycles. The molecular formula is C14H21Cl2F3N2O. The minimum Gasteiger partial charge on any atom is -0.397 e. The number of halogens is 5. The molecule has 0 aromatic heterocycles. The highest BCUT2D eigenvalue weighted by molar-refractivity contribution is 6.33. The summed E-state index contributed by atoms with van der Waals surface area (Å²) in [5.41, 5.74) is 3.67. The van der Waals surface area contributed by atoms with E-state index < -0.39 is 23.5 Å². The normalized spacial score (nSPS) is 13.6. The SMILES string of the molecule is CCC(C)(C)NCC(O)c1cc(Cl)c(N)c(C(F)(F)F)c1.Cl. The monoisotopic (exact) mass is 360 g/mol. The first-order chi connectivity index (χ1) is 9.48. The average molecular weight is 361 g/mol. The number of hydrogen-bond acceptors (Lipinski definition) is 3. The van der Waals surface area contributed by atoms with Crippen LogP contribution in [0.15, 0.2) is 12.1 Å². The number of anilines is 1. The lowest BCUT2D eigenvalue weighted by Gasteiger charge is -2.26. The summed E-state index contributed by atoms with van der Waals surface area (Å²) in [4.78, 5) is 0. The largest absolute Gasteiger partial charge is 0.418 e. The maximum atomic E-state index is 12.9. The first-order valence-corrected chi connectivity index (χ1v) is 6.95. The smallest absolute Gasteiger partial charge is 0.397 e. The molecule has 4 N–H and O–H groups in total. The second kappa shape index (κ2) is 7.73. The molecule has 0 spiro atoms. The maximum Gasteiger partial charge on any atom is 0.418 e.